The molecule has 1 N–H and O–H groups in total. The second-order valence-corrected chi connectivity index (χ2v) is 12.9. The van der Waals surface area contributed by atoms with Crippen molar-refractivity contribution in [3.8, 4) is 11.5 Å². The number of thioether (sulfide) groups is 1. The minimum atomic E-state index is -1.22. The maximum atomic E-state index is 13.9. The van der Waals surface area contributed by atoms with E-state index in [1.165, 1.54) is 7.11 Å². The molecule has 3 atom stereocenters. The Morgan fingerprint density at radius 2 is 1.45 bits per heavy atom. The Hall–Kier alpha value is -4.00. The first kappa shape index (κ1) is 39.2. The highest BCUT2D eigenvalue weighted by Gasteiger charge is 2.37. The van der Waals surface area contributed by atoms with Crippen molar-refractivity contribution in [1.82, 2.24) is 0 Å². The van der Waals surface area contributed by atoms with E-state index >= 15 is 0 Å². The van der Waals surface area contributed by atoms with Crippen molar-refractivity contribution >= 4 is 35.1 Å². The highest BCUT2D eigenvalue weighted by atomic mass is 32.2. The second kappa shape index (κ2) is 19.0. The van der Waals surface area contributed by atoms with E-state index in [-0.39, 0.29) is 56.0 Å². The highest BCUT2D eigenvalue weighted by Crippen LogP contribution is 2.35. The number of carbonyl (C=O) groups is 3. The van der Waals surface area contributed by atoms with E-state index in [1.54, 1.807) is 77.1 Å². The number of esters is 1. The molecule has 0 fully saturated rings. The van der Waals surface area contributed by atoms with Gasteiger partial charge in [0.1, 0.15) is 30.0 Å². The van der Waals surface area contributed by atoms with Crippen LogP contribution in [-0.4, -0.2) is 69.0 Å². The fraction of sp³-hybridized carbons (Fsp3) is 0.457. The average molecular weight is 674 g/mol. The van der Waals surface area contributed by atoms with Gasteiger partial charge in [0.15, 0.2) is 19.4 Å². The first-order chi connectivity index (χ1) is 22.1. The van der Waals surface area contributed by atoms with E-state index in [0.29, 0.717) is 27.9 Å². The molecule has 0 radical (unpaired) electrons. The van der Waals surface area contributed by atoms with Gasteiger partial charge in [0.05, 0.1) is 42.1 Å². The zero-order valence-electron chi connectivity index (χ0n) is 28.5. The SMILES string of the molecule is C=C(C)OCOC(C)COc1ccc(OCC(C)OCOC(=C)C)c(NC(=O)C(Sc2ccccc2C(=O)OC)C(=O)C(C)(C)C)c1. The molecule has 3 unspecified atom stereocenters. The number of ketones is 1. The van der Waals surface area contributed by atoms with Crippen molar-refractivity contribution in [3.63, 3.8) is 0 Å². The third-order valence-corrected chi connectivity index (χ3v) is 7.51. The van der Waals surface area contributed by atoms with Gasteiger partial charge in [-0.3, -0.25) is 9.59 Å². The third kappa shape index (κ3) is 13.7. The Kier molecular flexibility index (Phi) is 15.8. The Balaban J connectivity index is 2.36. The van der Waals surface area contributed by atoms with Crippen molar-refractivity contribution in [2.45, 2.75) is 70.8 Å². The molecule has 0 aliphatic heterocycles. The summed E-state index contributed by atoms with van der Waals surface area (Å²) in [6.45, 7) is 20.0. The summed E-state index contributed by atoms with van der Waals surface area (Å²) in [5.41, 5.74) is -0.360. The van der Waals surface area contributed by atoms with Crippen molar-refractivity contribution < 1.29 is 47.5 Å². The zero-order valence-corrected chi connectivity index (χ0v) is 29.3. The minimum absolute atomic E-state index is 0.00869. The fourth-order valence-corrected chi connectivity index (χ4v) is 4.95. The standard InChI is InChI=1S/C35H47NO10S/c1-22(2)43-20-45-24(5)18-41-26-15-16-29(42-19-25(6)46-21-44-23(3)4)28(17-26)36-33(38)31(32(37)35(7,8)9)47-30-14-12-11-13-27(30)34(39)40-10/h11-17,24-25,31H,1,3,18-21H2,2,4-10H3,(H,36,38). The monoisotopic (exact) mass is 673 g/mol. The van der Waals surface area contributed by atoms with E-state index in [1.807, 2.05) is 13.8 Å². The van der Waals surface area contributed by atoms with E-state index in [4.69, 9.17) is 33.2 Å². The molecule has 0 aliphatic rings. The highest BCUT2D eigenvalue weighted by molar-refractivity contribution is 8.01. The van der Waals surface area contributed by atoms with Crippen LogP contribution in [0.4, 0.5) is 5.69 Å². The summed E-state index contributed by atoms with van der Waals surface area (Å²) in [5.74, 6) is 0.279. The molecule has 0 saturated carbocycles. The molecule has 0 bridgehead atoms. The molecular weight excluding hydrogens is 626 g/mol. The molecule has 11 nitrogen and oxygen atoms in total. The Morgan fingerprint density at radius 3 is 2.00 bits per heavy atom. The second-order valence-electron chi connectivity index (χ2n) is 11.8. The lowest BCUT2D eigenvalue weighted by Gasteiger charge is -2.25. The number of allylic oxidation sites excluding steroid dienone is 2. The van der Waals surface area contributed by atoms with Crippen molar-refractivity contribution in [2.24, 2.45) is 5.41 Å². The zero-order chi connectivity index (χ0) is 35.1. The normalized spacial score (nSPS) is 13.0. The number of carbonyl (C=O) groups excluding carboxylic acids is 3. The largest absolute Gasteiger partial charge is 0.491 e. The number of Topliss-reactive ketones (excluding diaryl/α,β-unsaturated/α-hetero) is 1. The summed E-state index contributed by atoms with van der Waals surface area (Å²) in [6, 6.07) is 11.6. The summed E-state index contributed by atoms with van der Waals surface area (Å²) < 4.78 is 38.6. The van der Waals surface area contributed by atoms with Crippen LogP contribution in [0.25, 0.3) is 0 Å². The molecule has 0 aromatic heterocycles. The fourth-order valence-electron chi connectivity index (χ4n) is 3.63. The molecule has 1 amide bonds. The summed E-state index contributed by atoms with van der Waals surface area (Å²) >= 11 is 0.975. The van der Waals surface area contributed by atoms with Gasteiger partial charge in [-0.15, -0.1) is 11.8 Å². The van der Waals surface area contributed by atoms with Gasteiger partial charge in [0.2, 0.25) is 5.91 Å². The number of amides is 1. The van der Waals surface area contributed by atoms with E-state index in [2.05, 4.69) is 18.5 Å². The van der Waals surface area contributed by atoms with Gasteiger partial charge in [0.25, 0.3) is 0 Å². The molecule has 0 aliphatic carbocycles. The van der Waals surface area contributed by atoms with Crippen LogP contribution in [0.2, 0.25) is 0 Å². The molecule has 2 rings (SSSR count). The molecule has 2 aromatic rings. The first-order valence-corrected chi connectivity index (χ1v) is 15.9. The minimum Gasteiger partial charge on any atom is -0.491 e. The van der Waals surface area contributed by atoms with Gasteiger partial charge in [-0.1, -0.05) is 46.1 Å². The number of rotatable bonds is 20. The van der Waals surface area contributed by atoms with Crippen LogP contribution >= 0.6 is 11.8 Å². The van der Waals surface area contributed by atoms with Gasteiger partial charge < -0.3 is 38.5 Å². The van der Waals surface area contributed by atoms with Crippen LogP contribution in [0.5, 0.6) is 11.5 Å². The van der Waals surface area contributed by atoms with Crippen molar-refractivity contribution in [2.75, 3.05) is 39.2 Å². The molecule has 2 aromatic carbocycles. The van der Waals surface area contributed by atoms with Gasteiger partial charge in [-0.2, -0.15) is 0 Å². The van der Waals surface area contributed by atoms with Crippen LogP contribution < -0.4 is 14.8 Å². The Bertz CT molecular complexity index is 1390. The third-order valence-electron chi connectivity index (χ3n) is 6.24. The van der Waals surface area contributed by atoms with Crippen LogP contribution in [0.15, 0.2) is 72.0 Å². The lowest BCUT2D eigenvalue weighted by molar-refractivity contribution is -0.129. The maximum Gasteiger partial charge on any atom is 0.338 e. The quantitative estimate of drug-likeness (QED) is 0.0526. The first-order valence-electron chi connectivity index (χ1n) is 15.0. The lowest BCUT2D eigenvalue weighted by Crippen LogP contribution is -2.39. The van der Waals surface area contributed by atoms with Crippen LogP contribution in [0.3, 0.4) is 0 Å². The molecule has 0 saturated heterocycles. The van der Waals surface area contributed by atoms with Crippen LogP contribution in [-0.2, 0) is 33.3 Å². The number of hydrogen-bond acceptors (Lipinski definition) is 11. The van der Waals surface area contributed by atoms with E-state index in [0.717, 1.165) is 11.8 Å². The summed E-state index contributed by atoms with van der Waals surface area (Å²) in [6.07, 6.45) is -0.684. The van der Waals surface area contributed by atoms with Crippen LogP contribution in [0, 0.1) is 5.41 Å². The van der Waals surface area contributed by atoms with Gasteiger partial charge in [-0.05, 0) is 52.0 Å². The van der Waals surface area contributed by atoms with Gasteiger partial charge in [0, 0.05) is 16.4 Å². The molecule has 258 valence electrons. The smallest absolute Gasteiger partial charge is 0.338 e. The number of hydrogen-bond donors (Lipinski definition) is 1. The van der Waals surface area contributed by atoms with E-state index < -0.39 is 22.5 Å². The van der Waals surface area contributed by atoms with Gasteiger partial charge in [-0.25, -0.2) is 4.79 Å². The number of methoxy groups -OCH3 is 1. The topological polar surface area (TPSA) is 128 Å². The molecular formula is C35H47NO10S. The summed E-state index contributed by atoms with van der Waals surface area (Å²) in [5, 5.41) is 1.64. The van der Waals surface area contributed by atoms with E-state index in [9.17, 15) is 14.4 Å². The van der Waals surface area contributed by atoms with Crippen molar-refractivity contribution in [3.05, 3.63) is 72.7 Å². The maximum absolute atomic E-state index is 13.9. The molecule has 0 spiro atoms. The molecule has 12 heteroatoms. The lowest BCUT2D eigenvalue weighted by atomic mass is 9.88. The molecule has 47 heavy (non-hydrogen) atoms. The Labute approximate surface area is 281 Å². The number of ether oxygens (including phenoxy) is 7. The summed E-state index contributed by atoms with van der Waals surface area (Å²) in [4.78, 5) is 40.5. The number of nitrogens with one attached hydrogen (secondary N) is 1. The number of anilines is 1. The van der Waals surface area contributed by atoms with Gasteiger partial charge >= 0.3 is 5.97 Å². The Morgan fingerprint density at radius 1 is 0.872 bits per heavy atom. The average Bonchev–Trinajstić information content (AvgIpc) is 3.00. The van der Waals surface area contributed by atoms with Crippen LogP contribution in [0.1, 0.15) is 58.8 Å². The van der Waals surface area contributed by atoms with Crippen molar-refractivity contribution in [1.29, 1.82) is 0 Å². The predicted molar refractivity (Wildman–Crippen MR) is 181 cm³/mol. The summed E-state index contributed by atoms with van der Waals surface area (Å²) in [7, 11) is 1.27. The number of benzene rings is 2. The molecule has 0 heterocycles. The predicted octanol–water partition coefficient (Wildman–Crippen LogP) is 6.77.